The molecule has 24 heavy (non-hydrogen) atoms. The van der Waals surface area contributed by atoms with Crippen LogP contribution in [-0.2, 0) is 32.5 Å². The van der Waals surface area contributed by atoms with Crippen molar-refractivity contribution in [2.45, 2.75) is 19.1 Å². The summed E-state index contributed by atoms with van der Waals surface area (Å²) >= 11 is 0. The molecule has 2 aliphatic heterocycles. The van der Waals surface area contributed by atoms with E-state index in [1.807, 2.05) is 0 Å². The minimum atomic E-state index is -5.07. The largest absolute Gasteiger partial charge is 1.00 e. The molecule has 0 aliphatic carbocycles. The Morgan fingerprint density at radius 3 is 2.83 bits per heavy atom. The second-order valence-corrected chi connectivity index (χ2v) is 5.89. The van der Waals surface area contributed by atoms with Crippen molar-refractivity contribution in [2.75, 3.05) is 13.2 Å². The number of hydroxylamine groups is 2. The van der Waals surface area contributed by atoms with Crippen molar-refractivity contribution in [3.63, 3.8) is 0 Å². The van der Waals surface area contributed by atoms with Crippen LogP contribution in [0.5, 0.6) is 0 Å². The van der Waals surface area contributed by atoms with Crippen molar-refractivity contribution >= 4 is 22.5 Å². The normalized spacial score (nSPS) is 19.0. The Labute approximate surface area is 158 Å². The molecule has 1 fully saturated rings. The molecule has 2 aliphatic rings. The van der Waals surface area contributed by atoms with E-state index in [1.54, 1.807) is 0 Å². The molecule has 3 amide bonds. The Hall–Kier alpha value is -1.38. The van der Waals surface area contributed by atoms with E-state index in [0.29, 0.717) is 16.3 Å². The number of carbonyl (C=O) groups is 2. The maximum Gasteiger partial charge on any atom is 1.00 e. The van der Waals surface area contributed by atoms with Crippen LogP contribution in [0.25, 0.3) is 0 Å². The summed E-state index contributed by atoms with van der Waals surface area (Å²) in [7, 11) is -5.07. The standard InChI is InChI=1S/C10H13N5O7S.Na/c11-9(16)21-2-1-14-7-4-13-5-8(6(7)3-12-14)15(10(13)17)22-23(18,19)20;/h3,8H,1-2,4-5H2,(H2,11,16)(H,18,19,20);/q;+1/p-1. The van der Waals surface area contributed by atoms with Gasteiger partial charge < -0.3 is 19.9 Å². The Balaban J connectivity index is 0.00000208. The number of nitrogens with zero attached hydrogens (tertiary/aromatic N) is 4. The van der Waals surface area contributed by atoms with Crippen LogP contribution in [0.15, 0.2) is 6.20 Å². The first-order chi connectivity index (χ1) is 10.8. The van der Waals surface area contributed by atoms with Gasteiger partial charge in [-0.05, 0) is 0 Å². The predicted octanol–water partition coefficient (Wildman–Crippen LogP) is -4.33. The number of carbonyl (C=O) groups excluding carboxylic acids is 2. The molecule has 3 rings (SSSR count). The number of rotatable bonds is 5. The summed E-state index contributed by atoms with van der Waals surface area (Å²) in [6, 6.07) is -1.47. The molecule has 2 bridgehead atoms. The fraction of sp³-hybridized carbons (Fsp3) is 0.500. The summed E-state index contributed by atoms with van der Waals surface area (Å²) in [6.07, 6.45) is 0.541. The molecular weight excluding hydrogens is 357 g/mol. The summed E-state index contributed by atoms with van der Waals surface area (Å²) in [6.45, 7) is 0.565. The zero-order valence-electron chi connectivity index (χ0n) is 12.6. The maximum absolute atomic E-state index is 12.1. The van der Waals surface area contributed by atoms with E-state index in [0.717, 1.165) is 0 Å². The van der Waals surface area contributed by atoms with Gasteiger partial charge in [-0.15, -0.1) is 0 Å². The molecule has 1 atom stereocenters. The van der Waals surface area contributed by atoms with Gasteiger partial charge in [-0.2, -0.15) is 14.4 Å². The third-order valence-corrected chi connectivity index (χ3v) is 3.88. The third-order valence-electron chi connectivity index (χ3n) is 3.54. The van der Waals surface area contributed by atoms with E-state index >= 15 is 0 Å². The van der Waals surface area contributed by atoms with Crippen LogP contribution in [0.4, 0.5) is 9.59 Å². The Kier molecular flexibility index (Phi) is 5.41. The maximum atomic E-state index is 12.1. The molecule has 2 N–H and O–H groups in total. The number of hydrogen-bond acceptors (Lipinski definition) is 8. The van der Waals surface area contributed by atoms with Crippen LogP contribution in [0.2, 0.25) is 0 Å². The van der Waals surface area contributed by atoms with Crippen LogP contribution in [0.3, 0.4) is 0 Å². The summed E-state index contributed by atoms with van der Waals surface area (Å²) in [5.41, 5.74) is 6.07. The Bertz CT molecular complexity index is 766. The second kappa shape index (κ2) is 6.85. The fourth-order valence-electron chi connectivity index (χ4n) is 2.66. The average molecular weight is 369 g/mol. The minimum absolute atomic E-state index is 0. The second-order valence-electron chi connectivity index (χ2n) is 4.92. The average Bonchev–Trinajstić information content (AvgIpc) is 2.94. The molecular formula is C10H12N5NaO7S. The van der Waals surface area contributed by atoms with Gasteiger partial charge in [0.15, 0.2) is 0 Å². The first-order valence-electron chi connectivity index (χ1n) is 6.46. The van der Waals surface area contributed by atoms with E-state index in [2.05, 4.69) is 14.1 Å². The van der Waals surface area contributed by atoms with Crippen LogP contribution in [0.1, 0.15) is 17.3 Å². The van der Waals surface area contributed by atoms with E-state index < -0.39 is 28.6 Å². The smallest absolute Gasteiger partial charge is 0.724 e. The Morgan fingerprint density at radius 2 is 2.21 bits per heavy atom. The van der Waals surface area contributed by atoms with Crippen LogP contribution in [0, 0.1) is 0 Å². The Morgan fingerprint density at radius 1 is 1.50 bits per heavy atom. The number of amides is 3. The van der Waals surface area contributed by atoms with E-state index in [-0.39, 0.29) is 55.8 Å². The van der Waals surface area contributed by atoms with Gasteiger partial charge in [0.1, 0.15) is 12.6 Å². The van der Waals surface area contributed by atoms with Crippen molar-refractivity contribution < 1.29 is 61.1 Å². The van der Waals surface area contributed by atoms with E-state index in [1.165, 1.54) is 15.8 Å². The van der Waals surface area contributed by atoms with Gasteiger partial charge in [0.2, 0.25) is 10.4 Å². The molecule has 14 heteroatoms. The predicted molar refractivity (Wildman–Crippen MR) is 68.9 cm³/mol. The molecule has 1 aromatic heterocycles. The molecule has 12 nitrogen and oxygen atoms in total. The fourth-order valence-corrected chi connectivity index (χ4v) is 3.02. The van der Waals surface area contributed by atoms with E-state index in [9.17, 15) is 22.6 Å². The number of nitrogens with two attached hydrogens (primary N) is 1. The van der Waals surface area contributed by atoms with Gasteiger partial charge in [0, 0.05) is 5.56 Å². The zero-order chi connectivity index (χ0) is 16.8. The number of hydrogen-bond donors (Lipinski definition) is 1. The monoisotopic (exact) mass is 369 g/mol. The summed E-state index contributed by atoms with van der Waals surface area (Å²) < 4.78 is 42.7. The number of aromatic nitrogens is 2. The molecule has 1 saturated heterocycles. The van der Waals surface area contributed by atoms with Crippen LogP contribution in [-0.4, -0.2) is 58.0 Å². The van der Waals surface area contributed by atoms with Crippen molar-refractivity contribution in [1.29, 1.82) is 0 Å². The topological polar surface area (TPSA) is 160 Å². The molecule has 3 heterocycles. The van der Waals surface area contributed by atoms with E-state index in [4.69, 9.17) is 5.73 Å². The van der Waals surface area contributed by atoms with Crippen molar-refractivity contribution in [3.05, 3.63) is 17.5 Å². The number of fused-ring (bicyclic) bond motifs is 4. The first kappa shape index (κ1) is 19.0. The minimum Gasteiger partial charge on any atom is -0.724 e. The van der Waals surface area contributed by atoms with Gasteiger partial charge in [0.25, 0.3) is 0 Å². The van der Waals surface area contributed by atoms with Crippen molar-refractivity contribution in [3.8, 4) is 0 Å². The molecule has 0 saturated carbocycles. The van der Waals surface area contributed by atoms with Crippen LogP contribution >= 0.6 is 0 Å². The van der Waals surface area contributed by atoms with Gasteiger partial charge in [-0.1, -0.05) is 0 Å². The van der Waals surface area contributed by atoms with Gasteiger partial charge >= 0.3 is 41.7 Å². The number of primary amides is 1. The molecule has 126 valence electrons. The van der Waals surface area contributed by atoms with Gasteiger partial charge in [0.05, 0.1) is 31.5 Å². The number of urea groups is 1. The van der Waals surface area contributed by atoms with Crippen molar-refractivity contribution in [2.24, 2.45) is 5.73 Å². The summed E-state index contributed by atoms with van der Waals surface area (Å²) in [5, 5.41) is 4.65. The molecule has 0 spiro atoms. The van der Waals surface area contributed by atoms with Crippen LogP contribution < -0.4 is 35.3 Å². The SMILES string of the molecule is NC(=O)OCCn1ncc2c1CN1CC2N(OS(=O)(=O)[O-])C1=O.[Na+]. The zero-order valence-corrected chi connectivity index (χ0v) is 15.4. The van der Waals surface area contributed by atoms with Crippen molar-refractivity contribution in [1.82, 2.24) is 19.7 Å². The third kappa shape index (κ3) is 3.65. The summed E-state index contributed by atoms with van der Waals surface area (Å²) in [5.74, 6) is 0. The number of ether oxygens (including phenoxy) is 1. The molecule has 0 aromatic carbocycles. The summed E-state index contributed by atoms with van der Waals surface area (Å²) in [4.78, 5) is 23.9. The van der Waals surface area contributed by atoms with Gasteiger partial charge in [-0.3, -0.25) is 4.68 Å². The quantitative estimate of drug-likeness (QED) is 0.310. The molecule has 1 aromatic rings. The molecule has 0 radical (unpaired) electrons. The molecule has 1 unspecified atom stereocenters. The first-order valence-corrected chi connectivity index (χ1v) is 7.80. The van der Waals surface area contributed by atoms with Gasteiger partial charge in [-0.25, -0.2) is 18.0 Å².